The molecule has 6 heteroatoms. The Hall–Kier alpha value is -1.33. The molecule has 0 atom stereocenters. The van der Waals surface area contributed by atoms with Gasteiger partial charge in [0.2, 0.25) is 5.91 Å². The van der Waals surface area contributed by atoms with Crippen LogP contribution in [0.25, 0.3) is 0 Å². The number of thiophene rings is 1. The molecule has 1 rings (SSSR count). The molecule has 0 radical (unpaired) electrons. The highest BCUT2D eigenvalue weighted by atomic mass is 35.5. The van der Waals surface area contributed by atoms with Crippen LogP contribution in [0.15, 0.2) is 29.1 Å². The fourth-order valence-electron chi connectivity index (χ4n) is 0.912. The molecule has 0 saturated carbocycles. The molecular weight excluding hydrogens is 248 g/mol. The van der Waals surface area contributed by atoms with Crippen LogP contribution in [-0.2, 0) is 4.79 Å². The molecular formula is C10H11ClN2O2S. The van der Waals surface area contributed by atoms with Crippen molar-refractivity contribution in [3.8, 4) is 0 Å². The summed E-state index contributed by atoms with van der Waals surface area (Å²) in [5.74, 6) is -0.554. The van der Waals surface area contributed by atoms with E-state index in [4.69, 9.17) is 11.6 Å². The molecule has 0 aliphatic heterocycles. The predicted molar refractivity (Wildman–Crippen MR) is 64.7 cm³/mol. The van der Waals surface area contributed by atoms with Crippen molar-refractivity contribution < 1.29 is 9.59 Å². The zero-order valence-corrected chi connectivity index (χ0v) is 10.0. The standard InChI is InChI=1S/C10H11ClN2O2S/c1-7(11)5-12-9(14)6-13-10(15)8-3-2-4-16-8/h2-4H,1,5-6H2,(H,12,14)(H,13,15). The number of rotatable bonds is 5. The maximum Gasteiger partial charge on any atom is 0.261 e. The van der Waals surface area contributed by atoms with E-state index in [9.17, 15) is 9.59 Å². The van der Waals surface area contributed by atoms with Crippen LogP contribution in [0.1, 0.15) is 9.67 Å². The maximum atomic E-state index is 11.4. The molecule has 0 spiro atoms. The minimum Gasteiger partial charge on any atom is -0.350 e. The summed E-state index contributed by atoms with van der Waals surface area (Å²) in [6, 6.07) is 3.47. The highest BCUT2D eigenvalue weighted by Crippen LogP contribution is 2.07. The van der Waals surface area contributed by atoms with E-state index >= 15 is 0 Å². The first-order valence-electron chi connectivity index (χ1n) is 4.51. The lowest BCUT2D eigenvalue weighted by atomic mass is 10.4. The van der Waals surface area contributed by atoms with Crippen LogP contribution in [0.3, 0.4) is 0 Å². The molecule has 0 fully saturated rings. The van der Waals surface area contributed by atoms with Crippen LogP contribution in [0.4, 0.5) is 0 Å². The lowest BCUT2D eigenvalue weighted by molar-refractivity contribution is -0.119. The van der Waals surface area contributed by atoms with Crippen LogP contribution in [0.5, 0.6) is 0 Å². The van der Waals surface area contributed by atoms with E-state index in [1.165, 1.54) is 11.3 Å². The molecule has 1 aromatic heterocycles. The predicted octanol–water partition coefficient (Wildman–Crippen LogP) is 1.35. The first kappa shape index (κ1) is 12.7. The zero-order valence-electron chi connectivity index (χ0n) is 8.46. The Morgan fingerprint density at radius 1 is 1.38 bits per heavy atom. The quantitative estimate of drug-likeness (QED) is 0.838. The number of hydrogen-bond acceptors (Lipinski definition) is 3. The van der Waals surface area contributed by atoms with Crippen LogP contribution < -0.4 is 10.6 Å². The Kier molecular flexibility index (Phi) is 5.01. The van der Waals surface area contributed by atoms with Gasteiger partial charge in [0.25, 0.3) is 5.91 Å². The van der Waals surface area contributed by atoms with Gasteiger partial charge in [0.1, 0.15) is 0 Å². The summed E-state index contributed by atoms with van der Waals surface area (Å²) in [4.78, 5) is 23.2. The third-order valence-corrected chi connectivity index (χ3v) is 2.63. The molecule has 16 heavy (non-hydrogen) atoms. The van der Waals surface area contributed by atoms with Crippen LogP contribution in [0.2, 0.25) is 0 Å². The first-order valence-corrected chi connectivity index (χ1v) is 5.77. The second kappa shape index (κ2) is 6.30. The molecule has 2 amide bonds. The van der Waals surface area contributed by atoms with Crippen molar-refractivity contribution in [1.82, 2.24) is 10.6 Å². The highest BCUT2D eigenvalue weighted by Gasteiger charge is 2.08. The third-order valence-electron chi connectivity index (χ3n) is 1.63. The van der Waals surface area contributed by atoms with Crippen LogP contribution >= 0.6 is 22.9 Å². The smallest absolute Gasteiger partial charge is 0.261 e. The average Bonchev–Trinajstić information content (AvgIpc) is 2.76. The van der Waals surface area contributed by atoms with Crippen LogP contribution in [-0.4, -0.2) is 24.9 Å². The number of halogens is 1. The molecule has 4 nitrogen and oxygen atoms in total. The molecule has 0 aliphatic rings. The van der Waals surface area contributed by atoms with Gasteiger partial charge in [-0.15, -0.1) is 11.3 Å². The van der Waals surface area contributed by atoms with Crippen molar-refractivity contribution in [3.05, 3.63) is 34.0 Å². The maximum absolute atomic E-state index is 11.4. The summed E-state index contributed by atoms with van der Waals surface area (Å²) in [6.45, 7) is 3.56. The Balaban J connectivity index is 2.27. The fourth-order valence-corrected chi connectivity index (χ4v) is 1.62. The van der Waals surface area contributed by atoms with E-state index in [1.807, 2.05) is 0 Å². The van der Waals surface area contributed by atoms with Gasteiger partial charge in [0.05, 0.1) is 18.0 Å². The van der Waals surface area contributed by atoms with E-state index in [2.05, 4.69) is 17.2 Å². The topological polar surface area (TPSA) is 58.2 Å². The zero-order chi connectivity index (χ0) is 12.0. The van der Waals surface area contributed by atoms with Gasteiger partial charge in [-0.25, -0.2) is 0 Å². The molecule has 0 aromatic carbocycles. The molecule has 2 N–H and O–H groups in total. The highest BCUT2D eigenvalue weighted by molar-refractivity contribution is 7.12. The second-order valence-electron chi connectivity index (χ2n) is 2.95. The largest absolute Gasteiger partial charge is 0.350 e. The SMILES string of the molecule is C=C(Cl)CNC(=O)CNC(=O)c1cccs1. The van der Waals surface area contributed by atoms with Gasteiger partial charge in [-0.05, 0) is 11.4 Å². The number of hydrogen-bond donors (Lipinski definition) is 2. The minimum atomic E-state index is -0.299. The monoisotopic (exact) mass is 258 g/mol. The number of amides is 2. The average molecular weight is 259 g/mol. The molecule has 0 saturated heterocycles. The summed E-state index contributed by atoms with van der Waals surface area (Å²) in [5, 5.41) is 7.14. The van der Waals surface area contributed by atoms with Crippen molar-refractivity contribution in [2.75, 3.05) is 13.1 Å². The molecule has 86 valence electrons. The number of nitrogens with one attached hydrogen (secondary N) is 2. The Morgan fingerprint density at radius 2 is 2.12 bits per heavy atom. The molecule has 0 aliphatic carbocycles. The van der Waals surface area contributed by atoms with Crippen molar-refractivity contribution in [3.63, 3.8) is 0 Å². The molecule has 1 heterocycles. The second-order valence-corrected chi connectivity index (χ2v) is 4.44. The van der Waals surface area contributed by atoms with E-state index in [-0.39, 0.29) is 24.9 Å². The Morgan fingerprint density at radius 3 is 2.69 bits per heavy atom. The Bertz CT molecular complexity index is 390. The van der Waals surface area contributed by atoms with E-state index in [0.29, 0.717) is 9.91 Å². The van der Waals surface area contributed by atoms with E-state index in [1.54, 1.807) is 17.5 Å². The minimum absolute atomic E-state index is 0.0685. The van der Waals surface area contributed by atoms with E-state index in [0.717, 1.165) is 0 Å². The normalized spacial score (nSPS) is 9.56. The van der Waals surface area contributed by atoms with Crippen molar-refractivity contribution in [1.29, 1.82) is 0 Å². The summed E-state index contributed by atoms with van der Waals surface area (Å²) < 4.78 is 0. The first-order chi connectivity index (χ1) is 7.59. The number of carbonyl (C=O) groups excluding carboxylic acids is 2. The van der Waals surface area contributed by atoms with Gasteiger partial charge in [-0.1, -0.05) is 24.2 Å². The van der Waals surface area contributed by atoms with Gasteiger partial charge in [-0.2, -0.15) is 0 Å². The lowest BCUT2D eigenvalue weighted by Gasteiger charge is -2.04. The van der Waals surface area contributed by atoms with Crippen molar-refractivity contribution in [2.24, 2.45) is 0 Å². The van der Waals surface area contributed by atoms with Gasteiger partial charge in [0.15, 0.2) is 0 Å². The third kappa shape index (κ3) is 4.46. The summed E-state index contributed by atoms with van der Waals surface area (Å²) in [5.41, 5.74) is 0. The number of carbonyl (C=O) groups is 2. The Labute approximate surface area is 102 Å². The molecule has 1 aromatic rings. The van der Waals surface area contributed by atoms with E-state index < -0.39 is 0 Å². The van der Waals surface area contributed by atoms with Gasteiger partial charge >= 0.3 is 0 Å². The summed E-state index contributed by atoms with van der Waals surface area (Å²) in [7, 11) is 0. The van der Waals surface area contributed by atoms with Gasteiger partial charge in [0, 0.05) is 5.03 Å². The fraction of sp³-hybridized carbons (Fsp3) is 0.200. The summed E-state index contributed by atoms with van der Waals surface area (Å²) in [6.07, 6.45) is 0. The van der Waals surface area contributed by atoms with Crippen LogP contribution in [0, 0.1) is 0 Å². The van der Waals surface area contributed by atoms with Crippen molar-refractivity contribution in [2.45, 2.75) is 0 Å². The van der Waals surface area contributed by atoms with Gasteiger partial charge < -0.3 is 10.6 Å². The molecule has 0 unspecified atom stereocenters. The lowest BCUT2D eigenvalue weighted by Crippen LogP contribution is -2.37. The van der Waals surface area contributed by atoms with Crippen molar-refractivity contribution >= 4 is 34.8 Å². The molecule has 0 bridgehead atoms. The summed E-state index contributed by atoms with van der Waals surface area (Å²) >= 11 is 6.79. The van der Waals surface area contributed by atoms with Gasteiger partial charge in [-0.3, -0.25) is 9.59 Å².